The molecule has 0 atom stereocenters. The number of rotatable bonds is 2. The van der Waals surface area contributed by atoms with Crippen molar-refractivity contribution in [1.29, 1.82) is 0 Å². The molecule has 0 spiro atoms. The Morgan fingerprint density at radius 3 is 1.33 bits per heavy atom. The first-order valence-electron chi connectivity index (χ1n) is 3.44. The van der Waals surface area contributed by atoms with E-state index in [0.29, 0.717) is 0 Å². The second-order valence-corrected chi connectivity index (χ2v) is 2.38. The minimum Gasteiger partial charge on any atom is -0.364 e. The maximum absolute atomic E-state index is 8.79. The summed E-state index contributed by atoms with van der Waals surface area (Å²) in [7, 11) is 0. The van der Waals surface area contributed by atoms with Crippen molar-refractivity contribution in [3.05, 3.63) is 35.4 Å². The van der Waals surface area contributed by atoms with Crippen LogP contribution in [-0.4, -0.2) is 20.4 Å². The van der Waals surface area contributed by atoms with Crippen LogP contribution in [0, 0.1) is 0 Å². The second-order valence-electron chi connectivity index (χ2n) is 2.38. The molecule has 0 fully saturated rings. The van der Waals surface area contributed by atoms with Crippen LogP contribution in [-0.2, 0) is 0 Å². The third kappa shape index (κ3) is 1.80. The Morgan fingerprint density at radius 1 is 0.750 bits per heavy atom. The number of aliphatic hydroxyl groups excluding tert-OH is 2. The van der Waals surface area contributed by atoms with Crippen molar-refractivity contribution in [2.75, 3.05) is 0 Å². The summed E-state index contributed by atoms with van der Waals surface area (Å²) >= 11 is 0. The van der Waals surface area contributed by atoms with Crippen LogP contribution in [0.3, 0.4) is 0 Å². The highest BCUT2D eigenvalue weighted by Gasteiger charge is 2.12. The molecular weight excluding hydrogens is 160 g/mol. The molecule has 0 radical (unpaired) electrons. The van der Waals surface area contributed by atoms with Gasteiger partial charge in [0.1, 0.15) is 0 Å². The molecular formula is C8H10O4. The van der Waals surface area contributed by atoms with E-state index in [1.165, 1.54) is 12.1 Å². The molecule has 0 unspecified atom stereocenters. The van der Waals surface area contributed by atoms with Crippen LogP contribution in [0.15, 0.2) is 24.3 Å². The minimum absolute atomic E-state index is 0.104. The molecule has 0 saturated carbocycles. The van der Waals surface area contributed by atoms with E-state index in [4.69, 9.17) is 20.4 Å². The maximum atomic E-state index is 8.79. The molecule has 1 aromatic rings. The minimum atomic E-state index is -1.68. The molecule has 0 aliphatic carbocycles. The average Bonchev–Trinajstić information content (AvgIpc) is 2.04. The van der Waals surface area contributed by atoms with E-state index in [2.05, 4.69) is 0 Å². The summed E-state index contributed by atoms with van der Waals surface area (Å²) < 4.78 is 0. The smallest absolute Gasteiger partial charge is 0.178 e. The summed E-state index contributed by atoms with van der Waals surface area (Å²) in [5.41, 5.74) is 0.208. The van der Waals surface area contributed by atoms with Gasteiger partial charge in [-0.3, -0.25) is 0 Å². The molecule has 0 bridgehead atoms. The van der Waals surface area contributed by atoms with Gasteiger partial charge in [0.2, 0.25) is 0 Å². The number of benzene rings is 1. The van der Waals surface area contributed by atoms with Gasteiger partial charge in [-0.15, -0.1) is 0 Å². The van der Waals surface area contributed by atoms with Gasteiger partial charge in [-0.2, -0.15) is 0 Å². The Labute approximate surface area is 69.3 Å². The standard InChI is InChI=1S/C8H10O4/c9-7(10)5-3-1-2-4-6(5)8(11)12/h1-4,7-12H. The predicted octanol–water partition coefficient (Wildman–Crippen LogP) is -0.347. The van der Waals surface area contributed by atoms with E-state index < -0.39 is 12.6 Å². The van der Waals surface area contributed by atoms with Crippen molar-refractivity contribution in [3.8, 4) is 0 Å². The first-order valence-corrected chi connectivity index (χ1v) is 3.44. The molecule has 4 heteroatoms. The molecule has 0 heterocycles. The lowest BCUT2D eigenvalue weighted by Gasteiger charge is -2.11. The molecule has 1 rings (SSSR count). The highest BCUT2D eigenvalue weighted by Crippen LogP contribution is 2.20. The van der Waals surface area contributed by atoms with Gasteiger partial charge >= 0.3 is 0 Å². The average molecular weight is 170 g/mol. The van der Waals surface area contributed by atoms with Crippen molar-refractivity contribution < 1.29 is 20.4 Å². The van der Waals surface area contributed by atoms with Gasteiger partial charge in [-0.05, 0) is 0 Å². The highest BCUT2D eigenvalue weighted by molar-refractivity contribution is 5.28. The van der Waals surface area contributed by atoms with E-state index >= 15 is 0 Å². The SMILES string of the molecule is OC(O)c1ccccc1C(O)O. The number of aliphatic hydroxyl groups is 4. The fourth-order valence-corrected chi connectivity index (χ4v) is 0.981. The van der Waals surface area contributed by atoms with Gasteiger partial charge in [0, 0.05) is 11.1 Å². The fraction of sp³-hybridized carbons (Fsp3) is 0.250. The zero-order valence-corrected chi connectivity index (χ0v) is 6.25. The molecule has 0 saturated heterocycles. The summed E-state index contributed by atoms with van der Waals surface area (Å²) in [6.07, 6.45) is -3.36. The number of hydrogen-bond donors (Lipinski definition) is 4. The summed E-state index contributed by atoms with van der Waals surface area (Å²) in [5.74, 6) is 0. The van der Waals surface area contributed by atoms with Crippen LogP contribution in [0.1, 0.15) is 23.7 Å². The van der Waals surface area contributed by atoms with Gasteiger partial charge in [0.05, 0.1) is 0 Å². The zero-order chi connectivity index (χ0) is 9.14. The molecule has 12 heavy (non-hydrogen) atoms. The van der Waals surface area contributed by atoms with Crippen LogP contribution in [0.5, 0.6) is 0 Å². The van der Waals surface area contributed by atoms with E-state index in [9.17, 15) is 0 Å². The molecule has 66 valence electrons. The first-order chi connectivity index (χ1) is 5.63. The Kier molecular flexibility index (Phi) is 2.78. The summed E-state index contributed by atoms with van der Waals surface area (Å²) in [6, 6.07) is 6.00. The quantitative estimate of drug-likeness (QED) is 0.457. The van der Waals surface area contributed by atoms with Crippen LogP contribution < -0.4 is 0 Å². The van der Waals surface area contributed by atoms with Gasteiger partial charge < -0.3 is 20.4 Å². The summed E-state index contributed by atoms with van der Waals surface area (Å²) in [5, 5.41) is 35.1. The fourth-order valence-electron chi connectivity index (χ4n) is 0.981. The predicted molar refractivity (Wildman–Crippen MR) is 40.8 cm³/mol. The van der Waals surface area contributed by atoms with Crippen LogP contribution >= 0.6 is 0 Å². The van der Waals surface area contributed by atoms with Gasteiger partial charge in [0.15, 0.2) is 12.6 Å². The first kappa shape index (κ1) is 9.15. The molecule has 0 aliphatic rings. The van der Waals surface area contributed by atoms with E-state index in [1.807, 2.05) is 0 Å². The van der Waals surface area contributed by atoms with Gasteiger partial charge in [-0.25, -0.2) is 0 Å². The Morgan fingerprint density at radius 2 is 1.08 bits per heavy atom. The summed E-state index contributed by atoms with van der Waals surface area (Å²) in [4.78, 5) is 0. The zero-order valence-electron chi connectivity index (χ0n) is 6.25. The monoisotopic (exact) mass is 170 g/mol. The Bertz CT molecular complexity index is 230. The van der Waals surface area contributed by atoms with Crippen molar-refractivity contribution >= 4 is 0 Å². The number of hydrogen-bond acceptors (Lipinski definition) is 4. The Hall–Kier alpha value is -0.940. The molecule has 1 aromatic carbocycles. The van der Waals surface area contributed by atoms with Crippen LogP contribution in [0.2, 0.25) is 0 Å². The van der Waals surface area contributed by atoms with Crippen molar-refractivity contribution in [1.82, 2.24) is 0 Å². The molecule has 0 amide bonds. The molecule has 4 N–H and O–H groups in total. The Balaban J connectivity index is 3.09. The van der Waals surface area contributed by atoms with E-state index in [1.54, 1.807) is 12.1 Å². The second kappa shape index (κ2) is 3.64. The van der Waals surface area contributed by atoms with E-state index in [0.717, 1.165) is 0 Å². The third-order valence-corrected chi connectivity index (χ3v) is 1.55. The lowest BCUT2D eigenvalue weighted by atomic mass is 10.1. The topological polar surface area (TPSA) is 80.9 Å². The molecule has 0 aliphatic heterocycles. The molecule has 4 nitrogen and oxygen atoms in total. The van der Waals surface area contributed by atoms with Crippen molar-refractivity contribution in [3.63, 3.8) is 0 Å². The third-order valence-electron chi connectivity index (χ3n) is 1.55. The van der Waals surface area contributed by atoms with Crippen LogP contribution in [0.25, 0.3) is 0 Å². The van der Waals surface area contributed by atoms with E-state index in [-0.39, 0.29) is 11.1 Å². The summed E-state index contributed by atoms with van der Waals surface area (Å²) in [6.45, 7) is 0. The normalized spacial score (nSPS) is 11.2. The van der Waals surface area contributed by atoms with Crippen LogP contribution in [0.4, 0.5) is 0 Å². The largest absolute Gasteiger partial charge is 0.364 e. The van der Waals surface area contributed by atoms with Crippen molar-refractivity contribution in [2.24, 2.45) is 0 Å². The van der Waals surface area contributed by atoms with Gasteiger partial charge in [-0.1, -0.05) is 24.3 Å². The lowest BCUT2D eigenvalue weighted by Crippen LogP contribution is -2.04. The van der Waals surface area contributed by atoms with Crippen molar-refractivity contribution in [2.45, 2.75) is 12.6 Å². The maximum Gasteiger partial charge on any atom is 0.178 e. The molecule has 0 aromatic heterocycles. The van der Waals surface area contributed by atoms with Gasteiger partial charge in [0.25, 0.3) is 0 Å². The lowest BCUT2D eigenvalue weighted by molar-refractivity contribution is -0.0634. The highest BCUT2D eigenvalue weighted by atomic mass is 16.5.